The van der Waals surface area contributed by atoms with Gasteiger partial charge in [0.2, 0.25) is 11.7 Å². The van der Waals surface area contributed by atoms with Crippen LogP contribution in [0, 0.1) is 0 Å². The smallest absolute Gasteiger partial charge is 0.392 e. The maximum Gasteiger partial charge on any atom is 0.416 e. The number of halogens is 3. The summed E-state index contributed by atoms with van der Waals surface area (Å²) < 4.78 is 43.6. The summed E-state index contributed by atoms with van der Waals surface area (Å²) in [4.78, 5) is 6.52. The SMILES string of the molecule is OC1CC(c2nc(-c3ccc(C(F)(F)F)cc3)no2)N(CCCc2ccccc2)C1. The molecule has 30 heavy (non-hydrogen) atoms. The van der Waals surface area contributed by atoms with Gasteiger partial charge in [-0.3, -0.25) is 4.90 Å². The summed E-state index contributed by atoms with van der Waals surface area (Å²) in [7, 11) is 0. The van der Waals surface area contributed by atoms with Crippen LogP contribution >= 0.6 is 0 Å². The average Bonchev–Trinajstić information content (AvgIpc) is 3.35. The first kappa shape index (κ1) is 20.6. The van der Waals surface area contributed by atoms with Crippen LogP contribution in [-0.2, 0) is 12.6 Å². The lowest BCUT2D eigenvalue weighted by Crippen LogP contribution is -2.26. The van der Waals surface area contributed by atoms with E-state index in [0.717, 1.165) is 31.5 Å². The molecule has 2 aromatic carbocycles. The lowest BCUT2D eigenvalue weighted by molar-refractivity contribution is -0.137. The van der Waals surface area contributed by atoms with Gasteiger partial charge in [0.1, 0.15) is 0 Å². The molecule has 2 heterocycles. The highest BCUT2D eigenvalue weighted by molar-refractivity contribution is 5.54. The molecule has 0 saturated carbocycles. The van der Waals surface area contributed by atoms with Gasteiger partial charge < -0.3 is 9.63 Å². The van der Waals surface area contributed by atoms with Crippen LogP contribution in [0.5, 0.6) is 0 Å². The van der Waals surface area contributed by atoms with Gasteiger partial charge in [-0.25, -0.2) is 0 Å². The number of aliphatic hydroxyl groups excluding tert-OH is 1. The highest BCUT2D eigenvalue weighted by atomic mass is 19.4. The highest BCUT2D eigenvalue weighted by Crippen LogP contribution is 2.33. The molecule has 0 spiro atoms. The van der Waals surface area contributed by atoms with Crippen molar-refractivity contribution in [2.75, 3.05) is 13.1 Å². The van der Waals surface area contributed by atoms with Crippen LogP contribution in [0.3, 0.4) is 0 Å². The predicted molar refractivity (Wildman–Crippen MR) is 104 cm³/mol. The minimum Gasteiger partial charge on any atom is -0.392 e. The average molecular weight is 417 g/mol. The molecular formula is C22H22F3N3O2. The fourth-order valence-corrected chi connectivity index (χ4v) is 3.81. The van der Waals surface area contributed by atoms with Gasteiger partial charge >= 0.3 is 6.18 Å². The van der Waals surface area contributed by atoms with Crippen LogP contribution in [0.1, 0.15) is 35.9 Å². The van der Waals surface area contributed by atoms with E-state index in [9.17, 15) is 18.3 Å². The van der Waals surface area contributed by atoms with E-state index in [1.165, 1.54) is 17.7 Å². The minimum absolute atomic E-state index is 0.202. The van der Waals surface area contributed by atoms with Crippen molar-refractivity contribution in [3.63, 3.8) is 0 Å². The number of rotatable bonds is 6. The standard InChI is InChI=1S/C22H22F3N3O2/c23-22(24,25)17-10-8-16(9-11-17)20-26-21(30-27-20)19-13-18(29)14-28(19)12-4-7-15-5-2-1-3-6-15/h1-3,5-6,8-11,18-19,29H,4,7,12-14H2. The molecular weight excluding hydrogens is 395 g/mol. The summed E-state index contributed by atoms with van der Waals surface area (Å²) in [5, 5.41) is 14.1. The summed E-state index contributed by atoms with van der Waals surface area (Å²) >= 11 is 0. The third-order valence-corrected chi connectivity index (χ3v) is 5.33. The van der Waals surface area contributed by atoms with E-state index in [1.807, 2.05) is 18.2 Å². The summed E-state index contributed by atoms with van der Waals surface area (Å²) in [6, 6.07) is 14.7. The maximum absolute atomic E-state index is 12.7. The number of likely N-dealkylation sites (tertiary alicyclic amines) is 1. The molecule has 0 amide bonds. The number of hydrogen-bond acceptors (Lipinski definition) is 5. The zero-order valence-corrected chi connectivity index (χ0v) is 16.2. The first-order valence-electron chi connectivity index (χ1n) is 9.87. The molecule has 1 N–H and O–H groups in total. The van der Waals surface area contributed by atoms with Gasteiger partial charge in [0.05, 0.1) is 17.7 Å². The number of aryl methyl sites for hydroxylation is 1. The van der Waals surface area contributed by atoms with E-state index in [2.05, 4.69) is 27.2 Å². The normalized spacial score (nSPS) is 20.0. The van der Waals surface area contributed by atoms with Crippen molar-refractivity contribution in [2.45, 2.75) is 37.6 Å². The van der Waals surface area contributed by atoms with Crippen LogP contribution in [0.15, 0.2) is 59.1 Å². The largest absolute Gasteiger partial charge is 0.416 e. The second kappa shape index (κ2) is 8.57. The van der Waals surface area contributed by atoms with Gasteiger partial charge in [0.25, 0.3) is 0 Å². The lowest BCUT2D eigenvalue weighted by atomic mass is 10.1. The van der Waals surface area contributed by atoms with E-state index in [0.29, 0.717) is 24.4 Å². The van der Waals surface area contributed by atoms with Gasteiger partial charge in [-0.1, -0.05) is 47.6 Å². The van der Waals surface area contributed by atoms with Gasteiger partial charge in [0, 0.05) is 12.1 Å². The molecule has 1 aliphatic rings. The molecule has 2 atom stereocenters. The Morgan fingerprint density at radius 1 is 1.07 bits per heavy atom. The van der Waals surface area contributed by atoms with E-state index < -0.39 is 17.8 Å². The number of aromatic nitrogens is 2. The molecule has 1 fully saturated rings. The van der Waals surface area contributed by atoms with Crippen LogP contribution in [0.4, 0.5) is 13.2 Å². The minimum atomic E-state index is -4.39. The number of aliphatic hydroxyl groups is 1. The van der Waals surface area contributed by atoms with E-state index in [1.54, 1.807) is 0 Å². The molecule has 0 bridgehead atoms. The fraction of sp³-hybridized carbons (Fsp3) is 0.364. The summed E-state index contributed by atoms with van der Waals surface area (Å²) in [6.07, 6.45) is -2.53. The maximum atomic E-state index is 12.7. The van der Waals surface area contributed by atoms with Crippen molar-refractivity contribution in [2.24, 2.45) is 0 Å². The number of alkyl halides is 3. The van der Waals surface area contributed by atoms with Gasteiger partial charge in [0.15, 0.2) is 0 Å². The molecule has 2 unspecified atom stereocenters. The van der Waals surface area contributed by atoms with E-state index in [-0.39, 0.29) is 11.9 Å². The number of hydrogen-bond donors (Lipinski definition) is 1. The molecule has 8 heteroatoms. The van der Waals surface area contributed by atoms with Gasteiger partial charge in [-0.15, -0.1) is 0 Å². The molecule has 0 aliphatic carbocycles. The highest BCUT2D eigenvalue weighted by Gasteiger charge is 2.35. The number of benzene rings is 2. The Hall–Kier alpha value is -2.71. The van der Waals surface area contributed by atoms with Crippen molar-refractivity contribution in [1.29, 1.82) is 0 Å². The molecule has 1 saturated heterocycles. The Morgan fingerprint density at radius 3 is 2.50 bits per heavy atom. The second-order valence-electron chi connectivity index (χ2n) is 7.52. The van der Waals surface area contributed by atoms with Crippen LogP contribution < -0.4 is 0 Å². The molecule has 1 aliphatic heterocycles. The molecule has 5 nitrogen and oxygen atoms in total. The van der Waals surface area contributed by atoms with Crippen molar-refractivity contribution in [1.82, 2.24) is 15.0 Å². The second-order valence-corrected chi connectivity index (χ2v) is 7.52. The monoisotopic (exact) mass is 417 g/mol. The number of β-amino-alcohol motifs (C(OH)–C–C–N with tert-alkyl or cyclic N) is 1. The predicted octanol–water partition coefficient (Wildman–Crippen LogP) is 4.50. The van der Waals surface area contributed by atoms with Crippen molar-refractivity contribution >= 4 is 0 Å². The summed E-state index contributed by atoms with van der Waals surface area (Å²) in [5.74, 6) is 0.616. The van der Waals surface area contributed by atoms with E-state index in [4.69, 9.17) is 4.52 Å². The molecule has 158 valence electrons. The lowest BCUT2D eigenvalue weighted by Gasteiger charge is -2.20. The third-order valence-electron chi connectivity index (χ3n) is 5.33. The van der Waals surface area contributed by atoms with Crippen LogP contribution in [0.25, 0.3) is 11.4 Å². The molecule has 3 aromatic rings. The van der Waals surface area contributed by atoms with Crippen molar-refractivity contribution < 1.29 is 22.8 Å². The topological polar surface area (TPSA) is 62.4 Å². The van der Waals surface area contributed by atoms with Crippen molar-refractivity contribution in [3.05, 3.63) is 71.6 Å². The Balaban J connectivity index is 1.43. The molecule has 4 rings (SSSR count). The van der Waals surface area contributed by atoms with E-state index >= 15 is 0 Å². The quantitative estimate of drug-likeness (QED) is 0.640. The van der Waals surface area contributed by atoms with Crippen LogP contribution in [0.2, 0.25) is 0 Å². The summed E-state index contributed by atoms with van der Waals surface area (Å²) in [5.41, 5.74) is 0.988. The first-order valence-corrected chi connectivity index (χ1v) is 9.87. The zero-order valence-electron chi connectivity index (χ0n) is 16.2. The summed E-state index contributed by atoms with van der Waals surface area (Å²) in [6.45, 7) is 1.30. The molecule has 1 aromatic heterocycles. The Bertz CT molecular complexity index is 958. The number of nitrogens with zero attached hydrogens (tertiary/aromatic N) is 3. The van der Waals surface area contributed by atoms with Crippen molar-refractivity contribution in [3.8, 4) is 11.4 Å². The third kappa shape index (κ3) is 4.71. The Labute approximate surface area is 172 Å². The Kier molecular flexibility index (Phi) is 5.87. The molecule has 0 radical (unpaired) electrons. The fourth-order valence-electron chi connectivity index (χ4n) is 3.81. The van der Waals surface area contributed by atoms with Gasteiger partial charge in [-0.2, -0.15) is 18.2 Å². The Morgan fingerprint density at radius 2 is 1.80 bits per heavy atom. The van der Waals surface area contributed by atoms with Gasteiger partial charge in [-0.05, 0) is 43.5 Å². The van der Waals surface area contributed by atoms with Crippen LogP contribution in [-0.4, -0.2) is 39.3 Å². The first-order chi connectivity index (χ1) is 14.4. The zero-order chi connectivity index (χ0) is 21.1.